The molecule has 4 nitrogen and oxygen atoms in total. The second-order valence-corrected chi connectivity index (χ2v) is 8.95. The van der Waals surface area contributed by atoms with E-state index in [0.29, 0.717) is 22.6 Å². The van der Waals surface area contributed by atoms with Crippen molar-refractivity contribution in [1.29, 1.82) is 5.26 Å². The summed E-state index contributed by atoms with van der Waals surface area (Å²) in [5.41, 5.74) is -2.10. The van der Waals surface area contributed by atoms with E-state index in [4.69, 9.17) is 0 Å². The highest BCUT2D eigenvalue weighted by Gasteiger charge is 2.45. The summed E-state index contributed by atoms with van der Waals surface area (Å²) >= 11 is 1.45. The molecular formula is C19H15F3N4S2. The van der Waals surface area contributed by atoms with E-state index in [0.717, 1.165) is 29.1 Å². The number of pyridine rings is 1. The van der Waals surface area contributed by atoms with E-state index in [1.54, 1.807) is 24.0 Å². The molecule has 4 rings (SSSR count). The Bertz CT molecular complexity index is 1080. The maximum absolute atomic E-state index is 12.6. The van der Waals surface area contributed by atoms with Gasteiger partial charge >= 0.3 is 5.51 Å². The van der Waals surface area contributed by atoms with E-state index >= 15 is 0 Å². The Morgan fingerprint density at radius 1 is 1.29 bits per heavy atom. The third-order valence-electron chi connectivity index (χ3n) is 4.58. The Labute approximate surface area is 168 Å². The van der Waals surface area contributed by atoms with Gasteiger partial charge in [0.1, 0.15) is 5.69 Å². The van der Waals surface area contributed by atoms with E-state index < -0.39 is 10.9 Å². The number of fused-ring (bicyclic) bond motifs is 1. The number of nitriles is 1. The summed E-state index contributed by atoms with van der Waals surface area (Å²) in [6.45, 7) is 2.03. The standard InChI is InChI=1S/C19H15F3N4S2/c1-2-27-15-7-11(18(10-23)5-6-18)9-24-16(15)17-25-13-4-3-12(8-14(13)26-17)28-19(20,21)22/h3-4,7-9H,2,5-6H2,1H3,(H,25,26). The number of alkyl halides is 3. The number of aromatic nitrogens is 3. The van der Waals surface area contributed by atoms with Crippen LogP contribution in [-0.2, 0) is 5.41 Å². The van der Waals surface area contributed by atoms with Crippen molar-refractivity contribution in [2.75, 3.05) is 5.75 Å². The van der Waals surface area contributed by atoms with Gasteiger partial charge in [0.05, 0.1) is 22.5 Å². The molecule has 2 heterocycles. The predicted octanol–water partition coefficient (Wildman–Crippen LogP) is 5.90. The lowest BCUT2D eigenvalue weighted by Gasteiger charge is -2.11. The average Bonchev–Trinajstić information content (AvgIpc) is 3.33. The molecule has 1 fully saturated rings. The Balaban J connectivity index is 1.73. The first-order chi connectivity index (χ1) is 13.3. The van der Waals surface area contributed by atoms with E-state index in [1.807, 2.05) is 13.0 Å². The van der Waals surface area contributed by atoms with Crippen LogP contribution in [0.5, 0.6) is 0 Å². The maximum Gasteiger partial charge on any atom is 0.446 e. The molecule has 0 atom stereocenters. The van der Waals surface area contributed by atoms with Crippen LogP contribution in [-0.4, -0.2) is 26.2 Å². The highest BCUT2D eigenvalue weighted by molar-refractivity contribution is 8.00. The number of nitrogens with one attached hydrogen (secondary N) is 1. The zero-order valence-corrected chi connectivity index (χ0v) is 16.4. The van der Waals surface area contributed by atoms with Crippen LogP contribution in [0.4, 0.5) is 13.2 Å². The minimum Gasteiger partial charge on any atom is -0.337 e. The molecule has 2 aromatic heterocycles. The van der Waals surface area contributed by atoms with Gasteiger partial charge in [-0.15, -0.1) is 11.8 Å². The molecule has 3 aromatic rings. The van der Waals surface area contributed by atoms with Gasteiger partial charge < -0.3 is 4.98 Å². The van der Waals surface area contributed by atoms with Gasteiger partial charge in [-0.3, -0.25) is 4.98 Å². The van der Waals surface area contributed by atoms with Crippen LogP contribution < -0.4 is 0 Å². The third-order valence-corrected chi connectivity index (χ3v) is 6.21. The first-order valence-electron chi connectivity index (χ1n) is 8.64. The second-order valence-electron chi connectivity index (χ2n) is 6.51. The molecule has 0 aliphatic heterocycles. The molecule has 9 heteroatoms. The lowest BCUT2D eigenvalue weighted by Crippen LogP contribution is -2.04. The summed E-state index contributed by atoms with van der Waals surface area (Å²) in [6, 6.07) is 8.79. The van der Waals surface area contributed by atoms with Crippen LogP contribution in [0.1, 0.15) is 25.3 Å². The molecule has 1 aliphatic rings. The molecule has 0 spiro atoms. The SMILES string of the molecule is CCSc1cc(C2(C#N)CC2)cnc1-c1nc2ccc(SC(F)(F)F)cc2[nH]1. The van der Waals surface area contributed by atoms with Crippen LogP contribution in [0.25, 0.3) is 22.6 Å². The van der Waals surface area contributed by atoms with Gasteiger partial charge in [-0.05, 0) is 60.2 Å². The van der Waals surface area contributed by atoms with E-state index in [9.17, 15) is 18.4 Å². The van der Waals surface area contributed by atoms with Crippen molar-refractivity contribution in [1.82, 2.24) is 15.0 Å². The van der Waals surface area contributed by atoms with Crippen molar-refractivity contribution in [2.45, 2.75) is 40.5 Å². The molecule has 28 heavy (non-hydrogen) atoms. The summed E-state index contributed by atoms with van der Waals surface area (Å²) in [6.07, 6.45) is 3.39. The quantitative estimate of drug-likeness (QED) is 0.520. The zero-order chi connectivity index (χ0) is 19.9. The summed E-state index contributed by atoms with van der Waals surface area (Å²) in [7, 11) is 0. The van der Waals surface area contributed by atoms with Crippen LogP contribution >= 0.6 is 23.5 Å². The molecule has 1 N–H and O–H groups in total. The molecule has 0 bridgehead atoms. The molecular weight excluding hydrogens is 405 g/mol. The fourth-order valence-electron chi connectivity index (χ4n) is 3.04. The van der Waals surface area contributed by atoms with Crippen molar-refractivity contribution in [3.05, 3.63) is 36.0 Å². The smallest absolute Gasteiger partial charge is 0.337 e. The molecule has 144 valence electrons. The van der Waals surface area contributed by atoms with Crippen molar-refractivity contribution >= 4 is 34.6 Å². The summed E-state index contributed by atoms with van der Waals surface area (Å²) in [5, 5.41) is 9.43. The summed E-state index contributed by atoms with van der Waals surface area (Å²) in [4.78, 5) is 13.2. The second kappa shape index (κ2) is 7.01. The topological polar surface area (TPSA) is 65.4 Å². The first kappa shape index (κ1) is 19.2. The summed E-state index contributed by atoms with van der Waals surface area (Å²) < 4.78 is 37.9. The molecule has 0 unspecified atom stereocenters. The van der Waals surface area contributed by atoms with E-state index in [1.165, 1.54) is 12.1 Å². The highest BCUT2D eigenvalue weighted by atomic mass is 32.2. The highest BCUT2D eigenvalue weighted by Crippen LogP contribution is 2.48. The Kier molecular flexibility index (Phi) is 4.79. The van der Waals surface area contributed by atoms with Crippen LogP contribution in [0, 0.1) is 11.3 Å². The van der Waals surface area contributed by atoms with Crippen molar-refractivity contribution < 1.29 is 13.2 Å². The molecule has 1 aromatic carbocycles. The fraction of sp³-hybridized carbons (Fsp3) is 0.316. The summed E-state index contributed by atoms with van der Waals surface area (Å²) in [5.74, 6) is 1.33. The van der Waals surface area contributed by atoms with Crippen molar-refractivity contribution in [2.24, 2.45) is 0 Å². The van der Waals surface area contributed by atoms with Gasteiger partial charge in [-0.2, -0.15) is 18.4 Å². The molecule has 1 saturated carbocycles. The lowest BCUT2D eigenvalue weighted by atomic mass is 9.99. The van der Waals surface area contributed by atoms with Crippen molar-refractivity contribution in [3.63, 3.8) is 0 Å². The minimum atomic E-state index is -4.33. The van der Waals surface area contributed by atoms with Crippen molar-refractivity contribution in [3.8, 4) is 17.6 Å². The number of rotatable bonds is 5. The number of thioether (sulfide) groups is 2. The molecule has 0 amide bonds. The number of H-pyrrole nitrogens is 1. The third kappa shape index (κ3) is 3.71. The number of benzene rings is 1. The number of nitrogens with zero attached hydrogens (tertiary/aromatic N) is 3. The van der Waals surface area contributed by atoms with Crippen LogP contribution in [0.15, 0.2) is 40.3 Å². The molecule has 0 saturated heterocycles. The normalized spacial score (nSPS) is 15.5. The number of halogens is 3. The number of aromatic amines is 1. The van der Waals surface area contributed by atoms with Gasteiger partial charge in [-0.25, -0.2) is 4.98 Å². The van der Waals surface area contributed by atoms with Gasteiger partial charge in [0.25, 0.3) is 0 Å². The van der Waals surface area contributed by atoms with Crippen LogP contribution in [0.3, 0.4) is 0 Å². The number of hydrogen-bond acceptors (Lipinski definition) is 5. The molecule has 1 aliphatic carbocycles. The minimum absolute atomic E-state index is 0.103. The lowest BCUT2D eigenvalue weighted by molar-refractivity contribution is -0.0328. The Morgan fingerprint density at radius 2 is 2.07 bits per heavy atom. The average molecular weight is 420 g/mol. The predicted molar refractivity (Wildman–Crippen MR) is 104 cm³/mol. The van der Waals surface area contributed by atoms with Gasteiger partial charge in [0, 0.05) is 16.0 Å². The van der Waals surface area contributed by atoms with E-state index in [-0.39, 0.29) is 16.7 Å². The van der Waals surface area contributed by atoms with Crippen LogP contribution in [0.2, 0.25) is 0 Å². The Morgan fingerprint density at radius 3 is 2.71 bits per heavy atom. The largest absolute Gasteiger partial charge is 0.446 e. The first-order valence-corrected chi connectivity index (χ1v) is 10.4. The number of hydrogen-bond donors (Lipinski definition) is 1. The van der Waals surface area contributed by atoms with E-state index in [2.05, 4.69) is 21.0 Å². The monoisotopic (exact) mass is 420 g/mol. The fourth-order valence-corrected chi connectivity index (χ4v) is 4.43. The number of imidazole rings is 1. The van der Waals surface area contributed by atoms with Gasteiger partial charge in [0.2, 0.25) is 0 Å². The van der Waals surface area contributed by atoms with Gasteiger partial charge in [0.15, 0.2) is 5.82 Å². The maximum atomic E-state index is 12.6. The van der Waals surface area contributed by atoms with Gasteiger partial charge in [-0.1, -0.05) is 6.92 Å². The zero-order valence-electron chi connectivity index (χ0n) is 14.8. The molecule has 0 radical (unpaired) electrons. The Hall–Kier alpha value is -2.18.